The maximum atomic E-state index is 9.30. The molecular formula is C11H14ClN3O2. The summed E-state index contributed by atoms with van der Waals surface area (Å²) in [5.74, 6) is 0.288. The molecule has 0 aromatic carbocycles. The summed E-state index contributed by atoms with van der Waals surface area (Å²) in [6, 6.07) is 3.44. The standard InChI is InChI=1S/C11H14ClN3O2/c1-2-11(6-16,7-17)15-10-9(12)8(5-13)3-4-14-10/h3-4,16-17H,2,6-7H2,1H3,(H,14,15). The van der Waals surface area contributed by atoms with Crippen LogP contribution in [0.5, 0.6) is 0 Å². The minimum Gasteiger partial charge on any atom is -0.394 e. The molecule has 5 nitrogen and oxygen atoms in total. The van der Waals surface area contributed by atoms with Gasteiger partial charge in [-0.05, 0) is 12.5 Å². The van der Waals surface area contributed by atoms with Crippen molar-refractivity contribution in [3.8, 4) is 6.07 Å². The van der Waals surface area contributed by atoms with Gasteiger partial charge in [0, 0.05) is 6.20 Å². The third kappa shape index (κ3) is 2.86. The molecule has 0 spiro atoms. The SMILES string of the molecule is CCC(CO)(CO)Nc1nccc(C#N)c1Cl. The predicted molar refractivity (Wildman–Crippen MR) is 64.8 cm³/mol. The van der Waals surface area contributed by atoms with Crippen LogP contribution in [-0.2, 0) is 0 Å². The highest BCUT2D eigenvalue weighted by Gasteiger charge is 2.27. The largest absolute Gasteiger partial charge is 0.394 e. The molecule has 0 radical (unpaired) electrons. The number of nitrogens with zero attached hydrogens (tertiary/aromatic N) is 2. The van der Waals surface area contributed by atoms with Gasteiger partial charge in [-0.15, -0.1) is 0 Å². The maximum absolute atomic E-state index is 9.30. The van der Waals surface area contributed by atoms with E-state index in [-0.39, 0.29) is 24.1 Å². The molecule has 0 atom stereocenters. The van der Waals surface area contributed by atoms with E-state index >= 15 is 0 Å². The summed E-state index contributed by atoms with van der Waals surface area (Å²) in [6.45, 7) is 1.31. The molecule has 17 heavy (non-hydrogen) atoms. The van der Waals surface area contributed by atoms with Crippen molar-refractivity contribution in [1.29, 1.82) is 5.26 Å². The van der Waals surface area contributed by atoms with Gasteiger partial charge in [0.25, 0.3) is 0 Å². The Kier molecular flexibility index (Phi) is 4.70. The molecule has 1 aromatic rings. The van der Waals surface area contributed by atoms with E-state index in [4.69, 9.17) is 16.9 Å². The van der Waals surface area contributed by atoms with E-state index < -0.39 is 5.54 Å². The fourth-order valence-electron chi connectivity index (χ4n) is 1.31. The van der Waals surface area contributed by atoms with Gasteiger partial charge < -0.3 is 15.5 Å². The number of nitrogens with one attached hydrogen (secondary N) is 1. The Bertz CT molecular complexity index is 419. The summed E-state index contributed by atoms with van der Waals surface area (Å²) < 4.78 is 0. The van der Waals surface area contributed by atoms with Crippen molar-refractivity contribution >= 4 is 17.4 Å². The zero-order chi connectivity index (χ0) is 12.9. The summed E-state index contributed by atoms with van der Waals surface area (Å²) in [6.07, 6.45) is 1.94. The van der Waals surface area contributed by atoms with Crippen LogP contribution in [0.2, 0.25) is 5.02 Å². The molecule has 1 heterocycles. The molecule has 0 fully saturated rings. The summed E-state index contributed by atoms with van der Waals surface area (Å²) in [7, 11) is 0. The second-order valence-corrected chi connectivity index (χ2v) is 4.09. The predicted octanol–water partition coefficient (Wildman–Crippen LogP) is 1.15. The Labute approximate surface area is 105 Å². The molecule has 0 aliphatic carbocycles. The van der Waals surface area contributed by atoms with Crippen LogP contribution in [0.25, 0.3) is 0 Å². The molecule has 0 aliphatic heterocycles. The lowest BCUT2D eigenvalue weighted by Gasteiger charge is -2.30. The van der Waals surface area contributed by atoms with Crippen molar-refractivity contribution in [2.24, 2.45) is 0 Å². The van der Waals surface area contributed by atoms with E-state index in [1.165, 1.54) is 12.3 Å². The molecule has 0 unspecified atom stereocenters. The molecule has 3 N–H and O–H groups in total. The average molecular weight is 256 g/mol. The van der Waals surface area contributed by atoms with Crippen LogP contribution in [0.3, 0.4) is 0 Å². The van der Waals surface area contributed by atoms with Crippen molar-refractivity contribution < 1.29 is 10.2 Å². The number of aromatic nitrogens is 1. The molecule has 6 heteroatoms. The van der Waals surface area contributed by atoms with E-state index in [1.54, 1.807) is 0 Å². The van der Waals surface area contributed by atoms with Crippen molar-refractivity contribution in [3.63, 3.8) is 0 Å². The molecule has 0 saturated heterocycles. The number of nitriles is 1. The lowest BCUT2D eigenvalue weighted by Crippen LogP contribution is -2.45. The molecule has 0 saturated carbocycles. The van der Waals surface area contributed by atoms with Crippen LogP contribution in [0.1, 0.15) is 18.9 Å². The van der Waals surface area contributed by atoms with Crippen LogP contribution >= 0.6 is 11.6 Å². The number of aliphatic hydroxyl groups excluding tert-OH is 2. The topological polar surface area (TPSA) is 89.2 Å². The van der Waals surface area contributed by atoms with E-state index in [1.807, 2.05) is 13.0 Å². The number of hydrogen-bond donors (Lipinski definition) is 3. The lowest BCUT2D eigenvalue weighted by atomic mass is 9.98. The number of pyridine rings is 1. The van der Waals surface area contributed by atoms with Gasteiger partial charge in [0.1, 0.15) is 16.9 Å². The van der Waals surface area contributed by atoms with Crippen LogP contribution in [0.15, 0.2) is 12.3 Å². The normalized spacial score (nSPS) is 11.0. The molecule has 1 rings (SSSR count). The summed E-state index contributed by atoms with van der Waals surface area (Å²) in [5.41, 5.74) is -0.588. The monoisotopic (exact) mass is 255 g/mol. The Morgan fingerprint density at radius 2 is 2.18 bits per heavy atom. The highest BCUT2D eigenvalue weighted by Crippen LogP contribution is 2.26. The van der Waals surface area contributed by atoms with Crippen LogP contribution < -0.4 is 5.32 Å². The lowest BCUT2D eigenvalue weighted by molar-refractivity contribution is 0.132. The second-order valence-electron chi connectivity index (χ2n) is 3.71. The van der Waals surface area contributed by atoms with Gasteiger partial charge in [-0.25, -0.2) is 4.98 Å². The summed E-state index contributed by atoms with van der Waals surface area (Å²) in [4.78, 5) is 4.00. The second kappa shape index (κ2) is 5.82. The molecule has 0 amide bonds. The number of halogens is 1. The zero-order valence-electron chi connectivity index (χ0n) is 9.44. The van der Waals surface area contributed by atoms with Crippen molar-refractivity contribution in [1.82, 2.24) is 4.98 Å². The van der Waals surface area contributed by atoms with Gasteiger partial charge in [-0.1, -0.05) is 18.5 Å². The van der Waals surface area contributed by atoms with Crippen LogP contribution in [0, 0.1) is 11.3 Å². The van der Waals surface area contributed by atoms with E-state index in [0.29, 0.717) is 12.0 Å². The Hall–Kier alpha value is -1.35. The molecule has 1 aromatic heterocycles. The first-order valence-corrected chi connectivity index (χ1v) is 5.54. The first-order valence-electron chi connectivity index (χ1n) is 5.17. The minimum absolute atomic E-state index is 0.190. The first kappa shape index (κ1) is 13.7. The van der Waals surface area contributed by atoms with E-state index in [0.717, 1.165) is 0 Å². The number of hydrogen-bond acceptors (Lipinski definition) is 5. The van der Waals surface area contributed by atoms with Gasteiger partial charge in [0.15, 0.2) is 0 Å². The van der Waals surface area contributed by atoms with Gasteiger partial charge in [0.05, 0.1) is 24.3 Å². The van der Waals surface area contributed by atoms with Crippen molar-refractivity contribution in [3.05, 3.63) is 22.8 Å². The van der Waals surface area contributed by atoms with Gasteiger partial charge >= 0.3 is 0 Å². The van der Waals surface area contributed by atoms with Crippen molar-refractivity contribution in [2.75, 3.05) is 18.5 Å². The highest BCUT2D eigenvalue weighted by molar-refractivity contribution is 6.34. The Balaban J connectivity index is 3.07. The fraction of sp³-hybridized carbons (Fsp3) is 0.455. The van der Waals surface area contributed by atoms with Gasteiger partial charge in [0.2, 0.25) is 0 Å². The quantitative estimate of drug-likeness (QED) is 0.735. The smallest absolute Gasteiger partial charge is 0.146 e. The molecular weight excluding hydrogens is 242 g/mol. The first-order chi connectivity index (χ1) is 8.12. The van der Waals surface area contributed by atoms with E-state index in [9.17, 15) is 10.2 Å². The maximum Gasteiger partial charge on any atom is 0.146 e. The van der Waals surface area contributed by atoms with E-state index in [2.05, 4.69) is 10.3 Å². The molecule has 0 bridgehead atoms. The third-order valence-electron chi connectivity index (χ3n) is 2.68. The Morgan fingerprint density at radius 1 is 1.53 bits per heavy atom. The highest BCUT2D eigenvalue weighted by atomic mass is 35.5. The molecule has 92 valence electrons. The zero-order valence-corrected chi connectivity index (χ0v) is 10.2. The minimum atomic E-state index is -0.884. The van der Waals surface area contributed by atoms with Gasteiger partial charge in [-0.3, -0.25) is 0 Å². The molecule has 0 aliphatic rings. The Morgan fingerprint density at radius 3 is 2.65 bits per heavy atom. The van der Waals surface area contributed by atoms with Crippen molar-refractivity contribution in [2.45, 2.75) is 18.9 Å². The number of rotatable bonds is 5. The summed E-state index contributed by atoms with van der Waals surface area (Å²) >= 11 is 5.98. The average Bonchev–Trinajstić information content (AvgIpc) is 2.38. The van der Waals surface area contributed by atoms with Crippen LogP contribution in [0.4, 0.5) is 5.82 Å². The fourth-order valence-corrected chi connectivity index (χ4v) is 1.51. The van der Waals surface area contributed by atoms with Gasteiger partial charge in [-0.2, -0.15) is 5.26 Å². The number of anilines is 1. The number of aliphatic hydroxyl groups is 2. The third-order valence-corrected chi connectivity index (χ3v) is 3.06. The summed E-state index contributed by atoms with van der Waals surface area (Å²) in [5, 5.41) is 30.5. The van der Waals surface area contributed by atoms with Crippen LogP contribution in [-0.4, -0.2) is 33.9 Å².